The maximum atomic E-state index is 12.8. The number of nitrogens with one attached hydrogen (secondary N) is 1. The topological polar surface area (TPSA) is 45.2 Å². The van der Waals surface area contributed by atoms with Crippen LogP contribution in [0.4, 0.5) is 10.8 Å². The van der Waals surface area contributed by atoms with E-state index in [2.05, 4.69) is 36.2 Å². The molecule has 1 aliphatic rings. The van der Waals surface area contributed by atoms with Gasteiger partial charge in [-0.3, -0.25) is 4.79 Å². The van der Waals surface area contributed by atoms with E-state index in [4.69, 9.17) is 4.98 Å². The summed E-state index contributed by atoms with van der Waals surface area (Å²) >= 11 is 1.71. The Labute approximate surface area is 157 Å². The van der Waals surface area contributed by atoms with Crippen LogP contribution in [0, 0.1) is 19.8 Å². The van der Waals surface area contributed by atoms with Gasteiger partial charge in [-0.25, -0.2) is 4.98 Å². The number of fused-ring (bicyclic) bond motifs is 1. The summed E-state index contributed by atoms with van der Waals surface area (Å²) < 4.78 is 1.20. The average molecular weight is 366 g/mol. The minimum atomic E-state index is -0.00401. The van der Waals surface area contributed by atoms with E-state index in [-0.39, 0.29) is 11.8 Å². The molecule has 0 aliphatic carbocycles. The minimum absolute atomic E-state index is 0.00401. The average Bonchev–Trinajstić information content (AvgIpc) is 3.10. The number of para-hydroxylation sites is 1. The summed E-state index contributed by atoms with van der Waals surface area (Å²) in [6.45, 7) is 5.82. The molecular formula is C21H23N3OS. The van der Waals surface area contributed by atoms with Crippen LogP contribution in [0.3, 0.4) is 0 Å². The quantitative estimate of drug-likeness (QED) is 0.727. The molecule has 0 radical (unpaired) electrons. The number of amides is 1. The normalized spacial score (nSPS) is 17.5. The molecule has 3 aromatic rings. The first-order valence-corrected chi connectivity index (χ1v) is 9.91. The summed E-state index contributed by atoms with van der Waals surface area (Å²) in [6.07, 6.45) is 1.94. The summed E-state index contributed by atoms with van der Waals surface area (Å²) in [5.41, 5.74) is 4.30. The molecule has 1 fully saturated rings. The number of aromatic nitrogens is 1. The molecule has 1 amide bonds. The van der Waals surface area contributed by atoms with Gasteiger partial charge in [0.05, 0.1) is 16.1 Å². The monoisotopic (exact) mass is 365 g/mol. The van der Waals surface area contributed by atoms with E-state index in [0.717, 1.165) is 47.8 Å². The fourth-order valence-electron chi connectivity index (χ4n) is 3.48. The van der Waals surface area contributed by atoms with E-state index in [0.29, 0.717) is 0 Å². The second-order valence-electron chi connectivity index (χ2n) is 6.99. The van der Waals surface area contributed by atoms with Gasteiger partial charge in [0.25, 0.3) is 0 Å². The third kappa shape index (κ3) is 3.31. The summed E-state index contributed by atoms with van der Waals surface area (Å²) in [5.74, 6) is 0.111. The minimum Gasteiger partial charge on any atom is -0.347 e. The van der Waals surface area contributed by atoms with Gasteiger partial charge >= 0.3 is 0 Å². The van der Waals surface area contributed by atoms with Crippen molar-refractivity contribution in [3.8, 4) is 0 Å². The third-order valence-corrected chi connectivity index (χ3v) is 6.30. The fourth-order valence-corrected chi connectivity index (χ4v) is 4.48. The lowest BCUT2D eigenvalue weighted by Crippen LogP contribution is -2.40. The van der Waals surface area contributed by atoms with Crippen LogP contribution in [0.5, 0.6) is 0 Å². The number of hydrogen-bond donors (Lipinski definition) is 1. The Bertz CT molecular complexity index is 916. The molecule has 1 atom stereocenters. The molecule has 0 saturated carbocycles. The highest BCUT2D eigenvalue weighted by atomic mass is 32.1. The summed E-state index contributed by atoms with van der Waals surface area (Å²) in [6, 6.07) is 14.2. The van der Waals surface area contributed by atoms with Gasteiger partial charge in [-0.05, 0) is 56.0 Å². The molecule has 26 heavy (non-hydrogen) atoms. The summed E-state index contributed by atoms with van der Waals surface area (Å²) in [5, 5.41) is 4.16. The highest BCUT2D eigenvalue weighted by Crippen LogP contribution is 2.32. The van der Waals surface area contributed by atoms with Crippen molar-refractivity contribution in [2.75, 3.05) is 23.3 Å². The van der Waals surface area contributed by atoms with Gasteiger partial charge in [0.15, 0.2) is 5.13 Å². The number of hydrogen-bond acceptors (Lipinski definition) is 4. The van der Waals surface area contributed by atoms with Gasteiger partial charge < -0.3 is 10.2 Å². The number of nitrogens with zero attached hydrogens (tertiary/aromatic N) is 2. The molecule has 134 valence electrons. The van der Waals surface area contributed by atoms with Crippen LogP contribution in [-0.2, 0) is 4.79 Å². The van der Waals surface area contributed by atoms with Crippen molar-refractivity contribution in [1.82, 2.24) is 4.98 Å². The van der Waals surface area contributed by atoms with Crippen LogP contribution in [0.25, 0.3) is 10.2 Å². The van der Waals surface area contributed by atoms with E-state index in [9.17, 15) is 4.79 Å². The predicted molar refractivity (Wildman–Crippen MR) is 109 cm³/mol. The number of thiazole rings is 1. The molecule has 5 heteroatoms. The van der Waals surface area contributed by atoms with Gasteiger partial charge in [-0.1, -0.05) is 35.6 Å². The first-order valence-electron chi connectivity index (χ1n) is 9.09. The second kappa shape index (κ2) is 7.08. The maximum absolute atomic E-state index is 12.8. The number of aryl methyl sites for hydroxylation is 1. The Morgan fingerprint density at radius 2 is 2.04 bits per heavy atom. The highest BCUT2D eigenvalue weighted by molar-refractivity contribution is 7.22. The second-order valence-corrected chi connectivity index (χ2v) is 8.00. The Morgan fingerprint density at radius 1 is 1.19 bits per heavy atom. The van der Waals surface area contributed by atoms with Gasteiger partial charge in [-0.15, -0.1) is 0 Å². The van der Waals surface area contributed by atoms with Gasteiger partial charge in [0.2, 0.25) is 5.91 Å². The number of piperidine rings is 1. The number of rotatable bonds is 3. The first kappa shape index (κ1) is 17.0. The maximum Gasteiger partial charge on any atom is 0.229 e. The molecule has 2 heterocycles. The van der Waals surface area contributed by atoms with Crippen molar-refractivity contribution in [1.29, 1.82) is 0 Å². The predicted octanol–water partition coefficient (Wildman–Crippen LogP) is 4.77. The van der Waals surface area contributed by atoms with Gasteiger partial charge in [0, 0.05) is 18.8 Å². The van der Waals surface area contributed by atoms with E-state index in [1.807, 2.05) is 30.3 Å². The molecule has 4 nitrogen and oxygen atoms in total. The first-order chi connectivity index (χ1) is 12.6. The Morgan fingerprint density at radius 3 is 2.88 bits per heavy atom. The molecule has 2 aromatic carbocycles. The highest BCUT2D eigenvalue weighted by Gasteiger charge is 2.27. The molecule has 0 spiro atoms. The van der Waals surface area contributed by atoms with Crippen molar-refractivity contribution < 1.29 is 4.79 Å². The van der Waals surface area contributed by atoms with Gasteiger partial charge in [0.1, 0.15) is 0 Å². The molecule has 0 bridgehead atoms. The lowest BCUT2D eigenvalue weighted by molar-refractivity contribution is -0.120. The van der Waals surface area contributed by atoms with Crippen LogP contribution in [0.1, 0.15) is 24.0 Å². The largest absolute Gasteiger partial charge is 0.347 e. The number of anilines is 2. The van der Waals surface area contributed by atoms with Crippen molar-refractivity contribution in [3.63, 3.8) is 0 Å². The lowest BCUT2D eigenvalue weighted by Gasteiger charge is -2.31. The van der Waals surface area contributed by atoms with E-state index >= 15 is 0 Å². The zero-order valence-electron chi connectivity index (χ0n) is 15.2. The SMILES string of the molecule is Cc1cccc(NC(=O)C2CCCN(c3nc4ccccc4s3)C2)c1C. The van der Waals surface area contributed by atoms with E-state index in [1.54, 1.807) is 11.3 Å². The zero-order chi connectivity index (χ0) is 18.1. The molecular weight excluding hydrogens is 342 g/mol. The molecule has 1 aliphatic heterocycles. The van der Waals surface area contributed by atoms with Crippen LogP contribution in [0.15, 0.2) is 42.5 Å². The fraction of sp³-hybridized carbons (Fsp3) is 0.333. The summed E-state index contributed by atoms with van der Waals surface area (Å²) in [4.78, 5) is 19.8. The number of carbonyl (C=O) groups is 1. The van der Waals surface area contributed by atoms with Crippen molar-refractivity contribution in [2.24, 2.45) is 5.92 Å². The van der Waals surface area contributed by atoms with Crippen LogP contribution >= 0.6 is 11.3 Å². The van der Waals surface area contributed by atoms with Crippen LogP contribution in [0.2, 0.25) is 0 Å². The van der Waals surface area contributed by atoms with Gasteiger partial charge in [-0.2, -0.15) is 0 Å². The van der Waals surface area contributed by atoms with Crippen molar-refractivity contribution in [3.05, 3.63) is 53.6 Å². The lowest BCUT2D eigenvalue weighted by atomic mass is 9.97. The molecule has 4 rings (SSSR count). The Hall–Kier alpha value is -2.40. The van der Waals surface area contributed by atoms with Crippen LogP contribution < -0.4 is 10.2 Å². The molecule has 1 saturated heterocycles. The Kier molecular flexibility index (Phi) is 4.64. The van der Waals surface area contributed by atoms with Crippen molar-refractivity contribution >= 4 is 38.3 Å². The zero-order valence-corrected chi connectivity index (χ0v) is 16.0. The number of benzene rings is 2. The summed E-state index contributed by atoms with van der Waals surface area (Å²) in [7, 11) is 0. The standard InChI is InChI=1S/C21H23N3OS/c1-14-7-5-10-17(15(14)2)22-20(25)16-8-6-12-24(13-16)21-23-18-9-3-4-11-19(18)26-21/h3-5,7,9-11,16H,6,8,12-13H2,1-2H3,(H,22,25). The van der Waals surface area contributed by atoms with E-state index < -0.39 is 0 Å². The molecule has 1 N–H and O–H groups in total. The third-order valence-electron chi connectivity index (χ3n) is 5.21. The smallest absolute Gasteiger partial charge is 0.229 e. The Balaban J connectivity index is 1.49. The van der Waals surface area contributed by atoms with Crippen LogP contribution in [-0.4, -0.2) is 24.0 Å². The van der Waals surface area contributed by atoms with Crippen molar-refractivity contribution in [2.45, 2.75) is 26.7 Å². The molecule has 1 unspecified atom stereocenters. The number of carbonyl (C=O) groups excluding carboxylic acids is 1. The van der Waals surface area contributed by atoms with E-state index in [1.165, 1.54) is 10.3 Å². The molecule has 1 aromatic heterocycles.